The van der Waals surface area contributed by atoms with Crippen LogP contribution in [0.2, 0.25) is 0 Å². The Labute approximate surface area is 95.4 Å². The third-order valence-electron chi connectivity index (χ3n) is 2.78. The van der Waals surface area contributed by atoms with Crippen molar-refractivity contribution in [2.45, 2.75) is 26.7 Å². The lowest BCUT2D eigenvalue weighted by atomic mass is 9.96. The lowest BCUT2D eigenvalue weighted by Crippen LogP contribution is -2.46. The summed E-state index contributed by atoms with van der Waals surface area (Å²) in [7, 11) is 0. The Hall–Kier alpha value is -1.57. The predicted molar refractivity (Wildman–Crippen MR) is 57.9 cm³/mol. The first kappa shape index (κ1) is 12.5. The minimum absolute atomic E-state index is 0.0437. The number of likely N-dealkylation sites (tertiary alicyclic amines) is 1. The van der Waals surface area contributed by atoms with Crippen LogP contribution in [0.5, 0.6) is 0 Å². The van der Waals surface area contributed by atoms with Gasteiger partial charge in [0, 0.05) is 19.0 Å². The van der Waals surface area contributed by atoms with Gasteiger partial charge in [0.05, 0.1) is 5.92 Å². The van der Waals surface area contributed by atoms with Gasteiger partial charge in [-0.3, -0.25) is 14.9 Å². The molecule has 1 fully saturated rings. The number of hydrogen-bond acceptors (Lipinski definition) is 3. The van der Waals surface area contributed by atoms with Crippen molar-refractivity contribution in [2.75, 3.05) is 13.1 Å². The third-order valence-corrected chi connectivity index (χ3v) is 2.78. The maximum absolute atomic E-state index is 11.8. The van der Waals surface area contributed by atoms with Crippen LogP contribution in [0.15, 0.2) is 0 Å². The molecule has 0 aliphatic carbocycles. The molecule has 1 unspecified atom stereocenters. The van der Waals surface area contributed by atoms with Crippen LogP contribution in [0.25, 0.3) is 0 Å². The van der Waals surface area contributed by atoms with E-state index in [-0.39, 0.29) is 23.7 Å². The van der Waals surface area contributed by atoms with Gasteiger partial charge in [0.1, 0.15) is 0 Å². The highest BCUT2D eigenvalue weighted by molar-refractivity contribution is 5.82. The van der Waals surface area contributed by atoms with Crippen molar-refractivity contribution in [3.8, 4) is 6.19 Å². The summed E-state index contributed by atoms with van der Waals surface area (Å²) < 4.78 is 0. The number of amides is 2. The predicted octanol–water partition coefficient (Wildman–Crippen LogP) is 0.478. The highest BCUT2D eigenvalue weighted by atomic mass is 16.2. The highest BCUT2D eigenvalue weighted by Gasteiger charge is 2.29. The van der Waals surface area contributed by atoms with Gasteiger partial charge in [0.2, 0.25) is 11.8 Å². The van der Waals surface area contributed by atoms with Crippen LogP contribution in [0.3, 0.4) is 0 Å². The van der Waals surface area contributed by atoms with E-state index in [0.717, 1.165) is 12.8 Å². The molecule has 16 heavy (non-hydrogen) atoms. The molecular formula is C11H17N3O2. The summed E-state index contributed by atoms with van der Waals surface area (Å²) in [4.78, 5) is 24.9. The van der Waals surface area contributed by atoms with Crippen molar-refractivity contribution in [2.24, 2.45) is 11.8 Å². The molecule has 0 spiro atoms. The number of nitrogens with zero attached hydrogens (tertiary/aromatic N) is 2. The summed E-state index contributed by atoms with van der Waals surface area (Å²) in [5.74, 6) is -0.480. The second kappa shape index (κ2) is 5.50. The molecule has 0 aromatic carbocycles. The Morgan fingerprint density at radius 2 is 2.19 bits per heavy atom. The smallest absolute Gasteiger partial charge is 0.237 e. The van der Waals surface area contributed by atoms with Crippen LogP contribution in [0.1, 0.15) is 26.7 Å². The molecule has 5 heteroatoms. The molecule has 1 N–H and O–H groups in total. The Bertz CT molecular complexity index is 320. The fourth-order valence-electron chi connectivity index (χ4n) is 1.91. The summed E-state index contributed by atoms with van der Waals surface area (Å²) in [6.45, 7) is 4.85. The maximum Gasteiger partial charge on any atom is 0.237 e. The number of nitrogens with one attached hydrogen (secondary N) is 1. The lowest BCUT2D eigenvalue weighted by Gasteiger charge is -2.32. The lowest BCUT2D eigenvalue weighted by molar-refractivity contribution is -0.138. The van der Waals surface area contributed by atoms with E-state index in [1.54, 1.807) is 11.1 Å². The van der Waals surface area contributed by atoms with Crippen molar-refractivity contribution < 1.29 is 9.59 Å². The number of piperidine rings is 1. The zero-order valence-corrected chi connectivity index (χ0v) is 9.69. The molecule has 1 saturated heterocycles. The van der Waals surface area contributed by atoms with Gasteiger partial charge in [0.25, 0.3) is 0 Å². The van der Waals surface area contributed by atoms with E-state index in [4.69, 9.17) is 5.26 Å². The maximum atomic E-state index is 11.8. The van der Waals surface area contributed by atoms with Crippen LogP contribution in [-0.4, -0.2) is 29.8 Å². The van der Waals surface area contributed by atoms with E-state index < -0.39 is 0 Å². The third kappa shape index (κ3) is 2.96. The van der Waals surface area contributed by atoms with Gasteiger partial charge in [-0.1, -0.05) is 13.8 Å². The van der Waals surface area contributed by atoms with Gasteiger partial charge in [-0.15, -0.1) is 0 Å². The molecule has 1 aliphatic rings. The largest absolute Gasteiger partial charge is 0.342 e. The Kier molecular flexibility index (Phi) is 4.29. The van der Waals surface area contributed by atoms with Crippen LogP contribution < -0.4 is 5.32 Å². The fraction of sp³-hybridized carbons (Fsp3) is 0.727. The molecule has 2 amide bonds. The second-order valence-corrected chi connectivity index (χ2v) is 4.38. The van der Waals surface area contributed by atoms with E-state index >= 15 is 0 Å². The zero-order chi connectivity index (χ0) is 12.1. The average molecular weight is 223 g/mol. The van der Waals surface area contributed by atoms with Gasteiger partial charge in [-0.2, -0.15) is 5.26 Å². The van der Waals surface area contributed by atoms with Crippen LogP contribution in [0.4, 0.5) is 0 Å². The van der Waals surface area contributed by atoms with Crippen LogP contribution in [-0.2, 0) is 9.59 Å². The first-order valence-corrected chi connectivity index (χ1v) is 5.54. The molecule has 1 heterocycles. The van der Waals surface area contributed by atoms with Crippen molar-refractivity contribution in [3.05, 3.63) is 0 Å². The molecule has 0 radical (unpaired) electrons. The molecule has 88 valence electrons. The minimum atomic E-state index is -0.274. The standard InChI is InChI=1S/C11H17N3O2/c1-8(2)11(16)14-5-3-4-9(6-14)10(15)13-7-12/h8-9H,3-6H2,1-2H3,(H,13,15). The Morgan fingerprint density at radius 1 is 1.50 bits per heavy atom. The quantitative estimate of drug-likeness (QED) is 0.546. The van der Waals surface area contributed by atoms with Gasteiger partial charge < -0.3 is 4.90 Å². The van der Waals surface area contributed by atoms with Gasteiger partial charge in [-0.05, 0) is 12.8 Å². The van der Waals surface area contributed by atoms with Crippen LogP contribution >= 0.6 is 0 Å². The van der Waals surface area contributed by atoms with E-state index in [1.807, 2.05) is 13.8 Å². The topological polar surface area (TPSA) is 73.2 Å². The second-order valence-electron chi connectivity index (χ2n) is 4.38. The minimum Gasteiger partial charge on any atom is -0.342 e. The average Bonchev–Trinajstić information content (AvgIpc) is 2.28. The molecule has 5 nitrogen and oxygen atoms in total. The number of rotatable bonds is 2. The van der Waals surface area contributed by atoms with Gasteiger partial charge in [0.15, 0.2) is 6.19 Å². The first-order chi connectivity index (χ1) is 7.56. The molecular weight excluding hydrogens is 206 g/mol. The van der Waals surface area contributed by atoms with E-state index in [0.29, 0.717) is 13.1 Å². The van der Waals surface area contributed by atoms with Crippen molar-refractivity contribution >= 4 is 11.8 Å². The normalized spacial score (nSPS) is 20.4. The van der Waals surface area contributed by atoms with Gasteiger partial charge >= 0.3 is 0 Å². The summed E-state index contributed by atoms with van der Waals surface area (Å²) in [6.07, 6.45) is 3.20. The molecule has 0 aromatic rings. The monoisotopic (exact) mass is 223 g/mol. The van der Waals surface area contributed by atoms with E-state index in [9.17, 15) is 9.59 Å². The zero-order valence-electron chi connectivity index (χ0n) is 9.69. The number of carbonyl (C=O) groups is 2. The van der Waals surface area contributed by atoms with Crippen molar-refractivity contribution in [1.29, 1.82) is 5.26 Å². The number of carbonyl (C=O) groups excluding carboxylic acids is 2. The highest BCUT2D eigenvalue weighted by Crippen LogP contribution is 2.18. The summed E-state index contributed by atoms with van der Waals surface area (Å²) in [5.41, 5.74) is 0. The number of hydrogen-bond donors (Lipinski definition) is 1. The molecule has 0 aromatic heterocycles. The first-order valence-electron chi connectivity index (χ1n) is 5.54. The molecule has 1 atom stereocenters. The van der Waals surface area contributed by atoms with Gasteiger partial charge in [-0.25, -0.2) is 0 Å². The summed E-state index contributed by atoms with van der Waals surface area (Å²) in [5, 5.41) is 10.5. The van der Waals surface area contributed by atoms with Crippen molar-refractivity contribution in [1.82, 2.24) is 10.2 Å². The van der Waals surface area contributed by atoms with E-state index in [1.165, 1.54) is 0 Å². The van der Waals surface area contributed by atoms with E-state index in [2.05, 4.69) is 5.32 Å². The summed E-state index contributed by atoms with van der Waals surface area (Å²) in [6, 6.07) is 0. The van der Waals surface area contributed by atoms with Crippen LogP contribution in [0, 0.1) is 23.3 Å². The summed E-state index contributed by atoms with van der Waals surface area (Å²) >= 11 is 0. The Balaban J connectivity index is 2.57. The SMILES string of the molecule is CC(C)C(=O)N1CCCC(C(=O)NC#N)C1. The fourth-order valence-corrected chi connectivity index (χ4v) is 1.91. The molecule has 1 aliphatic heterocycles. The Morgan fingerprint density at radius 3 is 2.75 bits per heavy atom. The molecule has 0 saturated carbocycles. The molecule has 1 rings (SSSR count). The molecule has 0 bridgehead atoms. The number of nitriles is 1. The van der Waals surface area contributed by atoms with Crippen molar-refractivity contribution in [3.63, 3.8) is 0 Å².